The third kappa shape index (κ3) is 3.15. The molecule has 0 fully saturated rings. The fraction of sp³-hybridized carbons (Fsp3) is 0.222. The molecule has 0 aromatic heterocycles. The number of anilines is 1. The first kappa shape index (κ1) is 11.8. The van der Waals surface area contributed by atoms with Crippen molar-refractivity contribution in [1.82, 2.24) is 0 Å². The van der Waals surface area contributed by atoms with E-state index in [1.165, 1.54) is 0 Å². The van der Waals surface area contributed by atoms with Crippen molar-refractivity contribution in [3.8, 4) is 0 Å². The van der Waals surface area contributed by atoms with Crippen LogP contribution in [0.25, 0.3) is 0 Å². The van der Waals surface area contributed by atoms with Gasteiger partial charge in [0.2, 0.25) is 5.91 Å². The SMILES string of the molecule is C[C@H](Cl)C(=O)Nc1ccc(Br)cc1Cl. The van der Waals surface area contributed by atoms with Gasteiger partial charge in [0, 0.05) is 4.47 Å². The van der Waals surface area contributed by atoms with E-state index in [-0.39, 0.29) is 5.91 Å². The van der Waals surface area contributed by atoms with Crippen molar-refractivity contribution in [3.05, 3.63) is 27.7 Å². The standard InChI is InChI=1S/C9H8BrCl2NO/c1-5(11)9(14)13-8-3-2-6(10)4-7(8)12/h2-5H,1H3,(H,13,14)/t5-/m0/s1. The molecule has 0 aliphatic carbocycles. The summed E-state index contributed by atoms with van der Waals surface area (Å²) in [7, 11) is 0. The van der Waals surface area contributed by atoms with Crippen molar-refractivity contribution in [3.63, 3.8) is 0 Å². The molecule has 1 aromatic rings. The summed E-state index contributed by atoms with van der Waals surface area (Å²) in [6.07, 6.45) is 0. The molecule has 14 heavy (non-hydrogen) atoms. The Morgan fingerprint density at radius 3 is 2.71 bits per heavy atom. The Hall–Kier alpha value is -0.250. The number of carbonyl (C=O) groups is 1. The number of alkyl halides is 1. The molecule has 0 saturated carbocycles. The lowest BCUT2D eigenvalue weighted by atomic mass is 10.3. The van der Waals surface area contributed by atoms with Crippen LogP contribution in [0.2, 0.25) is 5.02 Å². The van der Waals surface area contributed by atoms with Crippen LogP contribution in [0.5, 0.6) is 0 Å². The fourth-order valence-electron chi connectivity index (χ4n) is 0.823. The molecule has 0 heterocycles. The molecule has 1 aromatic carbocycles. The molecule has 5 heteroatoms. The number of rotatable bonds is 2. The average molecular weight is 297 g/mol. The summed E-state index contributed by atoms with van der Waals surface area (Å²) in [4.78, 5) is 11.2. The predicted molar refractivity (Wildman–Crippen MR) is 63.1 cm³/mol. The second-order valence-electron chi connectivity index (χ2n) is 2.73. The van der Waals surface area contributed by atoms with Crippen LogP contribution in [0.1, 0.15) is 6.92 Å². The molecule has 0 radical (unpaired) electrons. The van der Waals surface area contributed by atoms with Gasteiger partial charge in [-0.1, -0.05) is 27.5 Å². The third-order valence-electron chi connectivity index (χ3n) is 1.55. The van der Waals surface area contributed by atoms with E-state index < -0.39 is 5.38 Å². The van der Waals surface area contributed by atoms with E-state index in [0.29, 0.717) is 10.7 Å². The van der Waals surface area contributed by atoms with E-state index >= 15 is 0 Å². The van der Waals surface area contributed by atoms with E-state index in [0.717, 1.165) is 4.47 Å². The topological polar surface area (TPSA) is 29.1 Å². The maximum atomic E-state index is 11.2. The zero-order valence-corrected chi connectivity index (χ0v) is 10.4. The number of nitrogens with one attached hydrogen (secondary N) is 1. The normalized spacial score (nSPS) is 12.3. The largest absolute Gasteiger partial charge is 0.323 e. The number of carbonyl (C=O) groups excluding carboxylic acids is 1. The van der Waals surface area contributed by atoms with E-state index in [9.17, 15) is 4.79 Å². The first-order valence-electron chi connectivity index (χ1n) is 3.90. The lowest BCUT2D eigenvalue weighted by Gasteiger charge is -2.08. The van der Waals surface area contributed by atoms with Gasteiger partial charge < -0.3 is 5.32 Å². The highest BCUT2D eigenvalue weighted by molar-refractivity contribution is 9.10. The Kier molecular flexibility index (Phi) is 4.23. The summed E-state index contributed by atoms with van der Waals surface area (Å²) in [6, 6.07) is 5.21. The Bertz CT molecular complexity index is 355. The van der Waals surface area contributed by atoms with Crippen LogP contribution in [0.15, 0.2) is 22.7 Å². The molecule has 0 aliphatic rings. The van der Waals surface area contributed by atoms with Gasteiger partial charge >= 0.3 is 0 Å². The number of amides is 1. The maximum absolute atomic E-state index is 11.2. The van der Waals surface area contributed by atoms with Crippen LogP contribution < -0.4 is 5.32 Å². The molecule has 1 rings (SSSR count). The first-order chi connectivity index (χ1) is 6.50. The summed E-state index contributed by atoms with van der Waals surface area (Å²) in [5.41, 5.74) is 0.562. The molecule has 0 bridgehead atoms. The Morgan fingerprint density at radius 2 is 2.21 bits per heavy atom. The summed E-state index contributed by atoms with van der Waals surface area (Å²) in [6.45, 7) is 1.60. The van der Waals surface area contributed by atoms with Crippen LogP contribution in [0.4, 0.5) is 5.69 Å². The average Bonchev–Trinajstić information content (AvgIpc) is 2.09. The Labute approximate surface area is 101 Å². The smallest absolute Gasteiger partial charge is 0.242 e. The molecular weight excluding hydrogens is 289 g/mol. The molecule has 1 N–H and O–H groups in total. The van der Waals surface area contributed by atoms with Gasteiger partial charge in [-0.25, -0.2) is 0 Å². The van der Waals surface area contributed by atoms with Gasteiger partial charge in [0.1, 0.15) is 5.38 Å². The lowest BCUT2D eigenvalue weighted by molar-refractivity contribution is -0.115. The first-order valence-corrected chi connectivity index (χ1v) is 5.51. The molecule has 2 nitrogen and oxygen atoms in total. The van der Waals surface area contributed by atoms with Gasteiger partial charge in [-0.2, -0.15) is 0 Å². The zero-order chi connectivity index (χ0) is 10.7. The third-order valence-corrected chi connectivity index (χ3v) is 2.55. The van der Waals surface area contributed by atoms with E-state index in [1.807, 2.05) is 0 Å². The lowest BCUT2D eigenvalue weighted by Crippen LogP contribution is -2.20. The van der Waals surface area contributed by atoms with Crippen LogP contribution in [0, 0.1) is 0 Å². The number of halogens is 3. The minimum atomic E-state index is -0.574. The number of benzene rings is 1. The summed E-state index contributed by atoms with van der Waals surface area (Å²) < 4.78 is 0.861. The molecule has 0 saturated heterocycles. The van der Waals surface area contributed by atoms with E-state index in [1.54, 1.807) is 25.1 Å². The van der Waals surface area contributed by atoms with Gasteiger partial charge in [0.15, 0.2) is 0 Å². The maximum Gasteiger partial charge on any atom is 0.242 e. The van der Waals surface area contributed by atoms with Crippen molar-refractivity contribution in [2.24, 2.45) is 0 Å². The highest BCUT2D eigenvalue weighted by Gasteiger charge is 2.10. The molecule has 0 aliphatic heterocycles. The summed E-state index contributed by atoms with van der Waals surface area (Å²) >= 11 is 14.8. The van der Waals surface area contributed by atoms with Crippen molar-refractivity contribution >= 4 is 50.7 Å². The van der Waals surface area contributed by atoms with Crippen LogP contribution in [-0.2, 0) is 4.79 Å². The fourth-order valence-corrected chi connectivity index (χ4v) is 1.60. The second kappa shape index (κ2) is 5.01. The van der Waals surface area contributed by atoms with E-state index in [2.05, 4.69) is 21.2 Å². The molecular formula is C9H8BrCl2NO. The predicted octanol–water partition coefficient (Wildman–Crippen LogP) is 3.67. The van der Waals surface area contributed by atoms with Gasteiger partial charge in [0.25, 0.3) is 0 Å². The highest BCUT2D eigenvalue weighted by Crippen LogP contribution is 2.25. The molecule has 1 amide bonds. The van der Waals surface area contributed by atoms with Gasteiger partial charge in [-0.15, -0.1) is 11.6 Å². The summed E-state index contributed by atoms with van der Waals surface area (Å²) in [5.74, 6) is -0.268. The van der Waals surface area contributed by atoms with Gasteiger partial charge in [-0.05, 0) is 25.1 Å². The molecule has 0 unspecified atom stereocenters. The molecule has 0 spiro atoms. The van der Waals surface area contributed by atoms with Crippen molar-refractivity contribution in [2.75, 3.05) is 5.32 Å². The summed E-state index contributed by atoms with van der Waals surface area (Å²) in [5, 5.41) is 2.52. The van der Waals surface area contributed by atoms with Crippen molar-refractivity contribution < 1.29 is 4.79 Å². The van der Waals surface area contributed by atoms with Crippen molar-refractivity contribution in [2.45, 2.75) is 12.3 Å². The quantitative estimate of drug-likeness (QED) is 0.829. The Balaban J connectivity index is 2.82. The van der Waals surface area contributed by atoms with Crippen LogP contribution >= 0.6 is 39.1 Å². The highest BCUT2D eigenvalue weighted by atomic mass is 79.9. The second-order valence-corrected chi connectivity index (χ2v) is 4.71. The zero-order valence-electron chi connectivity index (χ0n) is 7.35. The number of hydrogen-bond donors (Lipinski definition) is 1. The van der Waals surface area contributed by atoms with Crippen LogP contribution in [-0.4, -0.2) is 11.3 Å². The van der Waals surface area contributed by atoms with Gasteiger partial charge in [-0.3, -0.25) is 4.79 Å². The van der Waals surface area contributed by atoms with Gasteiger partial charge in [0.05, 0.1) is 10.7 Å². The Morgan fingerprint density at radius 1 is 1.57 bits per heavy atom. The molecule has 1 atom stereocenters. The number of hydrogen-bond acceptors (Lipinski definition) is 1. The minimum Gasteiger partial charge on any atom is -0.323 e. The monoisotopic (exact) mass is 295 g/mol. The molecule has 76 valence electrons. The van der Waals surface area contributed by atoms with Crippen molar-refractivity contribution in [1.29, 1.82) is 0 Å². The van der Waals surface area contributed by atoms with Crippen LogP contribution in [0.3, 0.4) is 0 Å². The van der Waals surface area contributed by atoms with E-state index in [4.69, 9.17) is 23.2 Å². The minimum absolute atomic E-state index is 0.268.